The van der Waals surface area contributed by atoms with E-state index in [0.29, 0.717) is 31.2 Å². The third-order valence-corrected chi connectivity index (χ3v) is 3.93. The van der Waals surface area contributed by atoms with Gasteiger partial charge in [-0.05, 0) is 56.3 Å². The third-order valence-electron chi connectivity index (χ3n) is 3.62. The van der Waals surface area contributed by atoms with Crippen LogP contribution in [0.3, 0.4) is 0 Å². The highest BCUT2D eigenvalue weighted by atomic mass is 35.5. The molecule has 0 saturated heterocycles. The smallest absolute Gasteiger partial charge is 0.338 e. The van der Waals surface area contributed by atoms with Gasteiger partial charge < -0.3 is 4.74 Å². The molecule has 0 radical (unpaired) electrons. The van der Waals surface area contributed by atoms with Gasteiger partial charge in [-0.3, -0.25) is 9.78 Å². The zero-order valence-electron chi connectivity index (χ0n) is 10.8. The Morgan fingerprint density at radius 3 is 2.42 bits per heavy atom. The van der Waals surface area contributed by atoms with Crippen LogP contribution in [0.4, 0.5) is 0 Å². The highest BCUT2D eigenvalue weighted by molar-refractivity contribution is 6.63. The van der Waals surface area contributed by atoms with E-state index in [9.17, 15) is 9.59 Å². The molecule has 1 saturated carbocycles. The molecule has 4 nitrogen and oxygen atoms in total. The lowest BCUT2D eigenvalue weighted by Gasteiger charge is -2.35. The average molecular weight is 282 g/mol. The first-order chi connectivity index (χ1) is 9.00. The van der Waals surface area contributed by atoms with Gasteiger partial charge in [-0.2, -0.15) is 0 Å². The Morgan fingerprint density at radius 2 is 1.89 bits per heavy atom. The first-order valence-corrected chi connectivity index (χ1v) is 6.71. The topological polar surface area (TPSA) is 56.3 Å². The van der Waals surface area contributed by atoms with Gasteiger partial charge >= 0.3 is 5.97 Å². The summed E-state index contributed by atoms with van der Waals surface area (Å²) in [5.41, 5.74) is -0.0183. The van der Waals surface area contributed by atoms with E-state index in [-0.39, 0.29) is 17.1 Å². The molecule has 0 spiro atoms. The number of pyridine rings is 1. The average Bonchev–Trinajstić information content (AvgIpc) is 2.40. The summed E-state index contributed by atoms with van der Waals surface area (Å²) in [5.74, 6) is -0.449. The number of hydrogen-bond donors (Lipinski definition) is 0. The van der Waals surface area contributed by atoms with Crippen LogP contribution in [0.2, 0.25) is 0 Å². The molecule has 1 aliphatic carbocycles. The number of ether oxygens (including phenoxy) is 1. The highest BCUT2D eigenvalue weighted by Crippen LogP contribution is 2.36. The van der Waals surface area contributed by atoms with Crippen LogP contribution >= 0.6 is 11.6 Å². The second kappa shape index (κ2) is 5.70. The Labute approximate surface area is 117 Å². The molecule has 0 atom stereocenters. The van der Waals surface area contributed by atoms with Gasteiger partial charge in [0, 0.05) is 18.3 Å². The molecule has 0 aromatic carbocycles. The zero-order valence-corrected chi connectivity index (χ0v) is 11.5. The molecule has 1 fully saturated rings. The van der Waals surface area contributed by atoms with Crippen LogP contribution in [-0.2, 0) is 9.53 Å². The summed E-state index contributed by atoms with van der Waals surface area (Å²) >= 11 is 5.50. The molecule has 102 valence electrons. The molecule has 0 amide bonds. The molecule has 1 heterocycles. The first kappa shape index (κ1) is 14.0. The van der Waals surface area contributed by atoms with Gasteiger partial charge in [0.05, 0.1) is 5.56 Å². The minimum atomic E-state index is -0.511. The summed E-state index contributed by atoms with van der Waals surface area (Å²) in [4.78, 5) is 27.0. The highest BCUT2D eigenvalue weighted by Gasteiger charge is 2.36. The minimum Gasteiger partial charge on any atom is -0.456 e. The maximum atomic E-state index is 12.0. The van der Waals surface area contributed by atoms with Crippen LogP contribution in [-0.4, -0.2) is 21.8 Å². The Bertz CT molecular complexity index is 467. The fraction of sp³-hybridized carbons (Fsp3) is 0.500. The van der Waals surface area contributed by atoms with E-state index < -0.39 is 5.60 Å². The molecule has 5 heteroatoms. The molecule has 1 aromatic rings. The predicted octanol–water partition coefficient (Wildman–Crippen LogP) is 2.95. The lowest BCUT2D eigenvalue weighted by atomic mass is 9.80. The van der Waals surface area contributed by atoms with Crippen LogP contribution in [0.25, 0.3) is 0 Å². The van der Waals surface area contributed by atoms with E-state index in [1.807, 2.05) is 6.92 Å². The van der Waals surface area contributed by atoms with Gasteiger partial charge in [-0.1, -0.05) is 0 Å². The number of hydrogen-bond acceptors (Lipinski definition) is 4. The quantitative estimate of drug-likeness (QED) is 0.631. The second-order valence-electron chi connectivity index (χ2n) is 5.15. The lowest BCUT2D eigenvalue weighted by molar-refractivity contribution is -0.117. The summed E-state index contributed by atoms with van der Waals surface area (Å²) in [5, 5.41) is -0.289. The van der Waals surface area contributed by atoms with Gasteiger partial charge in [0.25, 0.3) is 0 Å². The van der Waals surface area contributed by atoms with Crippen LogP contribution in [0, 0.1) is 5.92 Å². The van der Waals surface area contributed by atoms with Crippen molar-refractivity contribution in [3.8, 4) is 0 Å². The SMILES string of the molecule is CC1(OC(=O)c2ccncc2)CCC(C(=O)Cl)CC1. The normalized spacial score (nSPS) is 26.7. The Hall–Kier alpha value is -1.42. The Morgan fingerprint density at radius 1 is 1.32 bits per heavy atom. The van der Waals surface area contributed by atoms with E-state index in [0.717, 1.165) is 0 Å². The van der Waals surface area contributed by atoms with Gasteiger partial charge in [-0.25, -0.2) is 4.79 Å². The number of carbonyl (C=O) groups is 2. The fourth-order valence-corrected chi connectivity index (χ4v) is 2.55. The van der Waals surface area contributed by atoms with E-state index >= 15 is 0 Å². The number of esters is 1. The molecule has 1 aromatic heterocycles. The largest absolute Gasteiger partial charge is 0.456 e. The van der Waals surface area contributed by atoms with Crippen LogP contribution in [0.15, 0.2) is 24.5 Å². The fourth-order valence-electron chi connectivity index (χ4n) is 2.33. The molecule has 0 unspecified atom stereocenters. The second-order valence-corrected chi connectivity index (χ2v) is 5.53. The molecular formula is C14H16ClNO3. The van der Waals surface area contributed by atoms with Gasteiger partial charge in [0.1, 0.15) is 5.60 Å². The van der Waals surface area contributed by atoms with Crippen molar-refractivity contribution in [2.45, 2.75) is 38.2 Å². The van der Waals surface area contributed by atoms with Gasteiger partial charge in [0.2, 0.25) is 5.24 Å². The number of aromatic nitrogens is 1. The Balaban J connectivity index is 1.96. The van der Waals surface area contributed by atoms with Crippen molar-refractivity contribution in [2.24, 2.45) is 5.92 Å². The van der Waals surface area contributed by atoms with Crippen molar-refractivity contribution in [1.29, 1.82) is 0 Å². The van der Waals surface area contributed by atoms with Gasteiger partial charge in [0.15, 0.2) is 0 Å². The van der Waals surface area contributed by atoms with Crippen molar-refractivity contribution in [3.05, 3.63) is 30.1 Å². The molecule has 0 N–H and O–H groups in total. The summed E-state index contributed by atoms with van der Waals surface area (Å²) in [6, 6.07) is 3.25. The summed E-state index contributed by atoms with van der Waals surface area (Å²) < 4.78 is 5.57. The van der Waals surface area contributed by atoms with Crippen LogP contribution in [0.1, 0.15) is 43.0 Å². The molecule has 2 rings (SSSR count). The van der Waals surface area contributed by atoms with Crippen molar-refractivity contribution in [3.63, 3.8) is 0 Å². The predicted molar refractivity (Wildman–Crippen MR) is 70.9 cm³/mol. The number of halogens is 1. The lowest BCUT2D eigenvalue weighted by Crippen LogP contribution is -2.37. The molecule has 0 aliphatic heterocycles. The maximum Gasteiger partial charge on any atom is 0.338 e. The van der Waals surface area contributed by atoms with E-state index in [1.54, 1.807) is 24.5 Å². The standard InChI is InChI=1S/C14H16ClNO3/c1-14(6-2-10(3-7-14)12(15)17)19-13(18)11-4-8-16-9-5-11/h4-5,8-10H,2-3,6-7H2,1H3. The zero-order chi connectivity index (χ0) is 13.9. The Kier molecular flexibility index (Phi) is 4.20. The first-order valence-electron chi connectivity index (χ1n) is 6.33. The molecular weight excluding hydrogens is 266 g/mol. The van der Waals surface area contributed by atoms with Crippen molar-refractivity contribution in [1.82, 2.24) is 4.98 Å². The van der Waals surface area contributed by atoms with Crippen molar-refractivity contribution in [2.75, 3.05) is 0 Å². The molecule has 0 bridgehead atoms. The monoisotopic (exact) mass is 281 g/mol. The summed E-state index contributed by atoms with van der Waals surface area (Å²) in [6.45, 7) is 1.90. The molecule has 1 aliphatic rings. The number of carbonyl (C=O) groups excluding carboxylic acids is 2. The van der Waals surface area contributed by atoms with Gasteiger partial charge in [-0.15, -0.1) is 0 Å². The van der Waals surface area contributed by atoms with Crippen LogP contribution < -0.4 is 0 Å². The summed E-state index contributed by atoms with van der Waals surface area (Å²) in [7, 11) is 0. The number of nitrogens with zero attached hydrogens (tertiary/aromatic N) is 1. The van der Waals surface area contributed by atoms with E-state index in [2.05, 4.69) is 4.98 Å². The van der Waals surface area contributed by atoms with E-state index in [4.69, 9.17) is 16.3 Å². The van der Waals surface area contributed by atoms with E-state index in [1.165, 1.54) is 0 Å². The minimum absolute atomic E-state index is 0.102. The maximum absolute atomic E-state index is 12.0. The summed E-state index contributed by atoms with van der Waals surface area (Å²) in [6.07, 6.45) is 5.77. The number of rotatable bonds is 3. The molecule has 19 heavy (non-hydrogen) atoms. The van der Waals surface area contributed by atoms with Crippen molar-refractivity contribution >= 4 is 22.8 Å². The van der Waals surface area contributed by atoms with Crippen molar-refractivity contribution < 1.29 is 14.3 Å². The van der Waals surface area contributed by atoms with Crippen LogP contribution in [0.5, 0.6) is 0 Å². The third kappa shape index (κ3) is 3.53.